The molecule has 1 heterocycles. The number of aliphatic carboxylic acids is 1. The van der Waals surface area contributed by atoms with E-state index in [1.807, 2.05) is 13.8 Å². The van der Waals surface area contributed by atoms with Crippen molar-refractivity contribution in [1.82, 2.24) is 9.97 Å². The highest BCUT2D eigenvalue weighted by Gasteiger charge is 2.16. The third-order valence-corrected chi connectivity index (χ3v) is 2.04. The predicted molar refractivity (Wildman–Crippen MR) is 60.4 cm³/mol. The Labute approximate surface area is 99.6 Å². The van der Waals surface area contributed by atoms with E-state index in [9.17, 15) is 4.79 Å². The van der Waals surface area contributed by atoms with Crippen LogP contribution in [0.25, 0.3) is 0 Å². The van der Waals surface area contributed by atoms with Crippen LogP contribution < -0.4 is 9.47 Å². The molecule has 0 aliphatic rings. The average molecular weight is 240 g/mol. The molecule has 1 aromatic heterocycles. The van der Waals surface area contributed by atoms with Crippen molar-refractivity contribution in [2.24, 2.45) is 0 Å². The van der Waals surface area contributed by atoms with Crippen LogP contribution in [-0.2, 0) is 11.2 Å². The molecule has 0 radical (unpaired) electrons. The normalized spacial score (nSPS) is 10.1. The van der Waals surface area contributed by atoms with E-state index in [-0.39, 0.29) is 18.3 Å². The van der Waals surface area contributed by atoms with Crippen LogP contribution in [0.3, 0.4) is 0 Å². The largest absolute Gasteiger partial charge is 0.481 e. The number of nitrogens with zero attached hydrogens (tertiary/aromatic N) is 2. The van der Waals surface area contributed by atoms with Gasteiger partial charge in [0.25, 0.3) is 0 Å². The summed E-state index contributed by atoms with van der Waals surface area (Å²) in [6, 6.07) is 0.211. The fourth-order valence-electron chi connectivity index (χ4n) is 1.35. The lowest BCUT2D eigenvalue weighted by Gasteiger charge is -2.11. The fraction of sp³-hybridized carbons (Fsp3) is 0.545. The fourth-order valence-corrected chi connectivity index (χ4v) is 1.35. The van der Waals surface area contributed by atoms with Gasteiger partial charge in [0.15, 0.2) is 0 Å². The molecule has 0 spiro atoms. The molecule has 0 atom stereocenters. The Bertz CT molecular complexity index is 407. The zero-order valence-corrected chi connectivity index (χ0v) is 10.2. The lowest BCUT2D eigenvalue weighted by molar-refractivity contribution is -0.136. The van der Waals surface area contributed by atoms with E-state index < -0.39 is 5.97 Å². The molecule has 0 bridgehead atoms. The number of aryl methyl sites for hydroxylation is 1. The molecule has 1 aromatic rings. The monoisotopic (exact) mass is 240 g/mol. The Balaban J connectivity index is 3.12. The number of rotatable bonds is 6. The van der Waals surface area contributed by atoms with Gasteiger partial charge in [0.2, 0.25) is 5.88 Å². The van der Waals surface area contributed by atoms with Gasteiger partial charge in [-0.05, 0) is 20.8 Å². The summed E-state index contributed by atoms with van der Waals surface area (Å²) in [4.78, 5) is 18.9. The molecule has 1 N–H and O–H groups in total. The van der Waals surface area contributed by atoms with E-state index in [0.29, 0.717) is 24.5 Å². The van der Waals surface area contributed by atoms with Crippen LogP contribution in [-0.4, -0.2) is 34.3 Å². The maximum atomic E-state index is 10.7. The van der Waals surface area contributed by atoms with Gasteiger partial charge in [-0.25, -0.2) is 4.98 Å². The van der Waals surface area contributed by atoms with Crippen LogP contribution in [0.4, 0.5) is 0 Å². The van der Waals surface area contributed by atoms with Crippen molar-refractivity contribution >= 4 is 5.97 Å². The first kappa shape index (κ1) is 13.2. The van der Waals surface area contributed by atoms with Crippen molar-refractivity contribution in [3.05, 3.63) is 11.3 Å². The molecule has 94 valence electrons. The number of ether oxygens (including phenoxy) is 2. The summed E-state index contributed by atoms with van der Waals surface area (Å²) in [6.07, 6.45) is -0.159. The Morgan fingerprint density at radius 3 is 2.41 bits per heavy atom. The second-order valence-corrected chi connectivity index (χ2v) is 3.31. The highest BCUT2D eigenvalue weighted by molar-refractivity contribution is 5.71. The lowest BCUT2D eigenvalue weighted by atomic mass is 10.1. The molecular weight excluding hydrogens is 224 g/mol. The summed E-state index contributed by atoms with van der Waals surface area (Å²) in [5.41, 5.74) is 1.05. The topological polar surface area (TPSA) is 81.5 Å². The Morgan fingerprint density at radius 1 is 1.24 bits per heavy atom. The zero-order chi connectivity index (χ0) is 12.8. The van der Waals surface area contributed by atoms with E-state index in [2.05, 4.69) is 9.97 Å². The van der Waals surface area contributed by atoms with E-state index >= 15 is 0 Å². The molecule has 6 nitrogen and oxygen atoms in total. The second-order valence-electron chi connectivity index (χ2n) is 3.31. The summed E-state index contributed by atoms with van der Waals surface area (Å²) in [5.74, 6) is -0.660. The van der Waals surface area contributed by atoms with Crippen LogP contribution in [0.15, 0.2) is 0 Å². The summed E-state index contributed by atoms with van der Waals surface area (Å²) >= 11 is 0. The molecule has 0 amide bonds. The summed E-state index contributed by atoms with van der Waals surface area (Å²) in [5, 5.41) is 8.81. The van der Waals surface area contributed by atoms with Crippen molar-refractivity contribution in [1.29, 1.82) is 0 Å². The van der Waals surface area contributed by atoms with Gasteiger partial charge in [0.05, 0.1) is 25.3 Å². The van der Waals surface area contributed by atoms with Gasteiger partial charge in [0.1, 0.15) is 0 Å². The molecule has 6 heteroatoms. The molecule has 0 unspecified atom stereocenters. The minimum atomic E-state index is -0.943. The minimum Gasteiger partial charge on any atom is -0.481 e. The maximum absolute atomic E-state index is 10.7. The van der Waals surface area contributed by atoms with Crippen LogP contribution in [0.1, 0.15) is 25.1 Å². The Kier molecular flexibility index (Phi) is 4.68. The SMILES string of the molecule is CCOc1nc(C)c(CC(=O)O)c(OCC)n1. The van der Waals surface area contributed by atoms with Crippen LogP contribution in [0.2, 0.25) is 0 Å². The number of hydrogen-bond acceptors (Lipinski definition) is 5. The van der Waals surface area contributed by atoms with Gasteiger partial charge in [0, 0.05) is 5.56 Å². The molecule has 0 fully saturated rings. The predicted octanol–water partition coefficient (Wildman–Crippen LogP) is 1.21. The van der Waals surface area contributed by atoms with Crippen LogP contribution >= 0.6 is 0 Å². The first-order valence-corrected chi connectivity index (χ1v) is 5.43. The van der Waals surface area contributed by atoms with E-state index in [1.54, 1.807) is 6.92 Å². The summed E-state index contributed by atoms with van der Waals surface area (Å²) in [7, 11) is 0. The number of carboxylic acids is 1. The number of carboxylic acid groups (broad SMARTS) is 1. The van der Waals surface area contributed by atoms with E-state index in [0.717, 1.165) is 0 Å². The van der Waals surface area contributed by atoms with Crippen molar-refractivity contribution in [3.8, 4) is 11.9 Å². The molecule has 0 saturated carbocycles. The van der Waals surface area contributed by atoms with Gasteiger partial charge >= 0.3 is 12.0 Å². The molecule has 0 aromatic carbocycles. The van der Waals surface area contributed by atoms with Gasteiger partial charge < -0.3 is 14.6 Å². The Morgan fingerprint density at radius 2 is 1.88 bits per heavy atom. The van der Waals surface area contributed by atoms with Crippen molar-refractivity contribution in [2.75, 3.05) is 13.2 Å². The highest BCUT2D eigenvalue weighted by Crippen LogP contribution is 2.22. The van der Waals surface area contributed by atoms with Crippen molar-refractivity contribution < 1.29 is 19.4 Å². The smallest absolute Gasteiger partial charge is 0.319 e. The summed E-state index contributed by atoms with van der Waals surface area (Å²) < 4.78 is 10.5. The van der Waals surface area contributed by atoms with Crippen LogP contribution in [0, 0.1) is 6.92 Å². The van der Waals surface area contributed by atoms with Crippen LogP contribution in [0.5, 0.6) is 11.9 Å². The van der Waals surface area contributed by atoms with Crippen molar-refractivity contribution in [2.45, 2.75) is 27.2 Å². The molecular formula is C11H16N2O4. The Hall–Kier alpha value is -1.85. The number of carbonyl (C=O) groups is 1. The average Bonchev–Trinajstić information content (AvgIpc) is 2.23. The highest BCUT2D eigenvalue weighted by atomic mass is 16.5. The standard InChI is InChI=1S/C11H16N2O4/c1-4-16-10-8(6-9(14)15)7(3)12-11(13-10)17-5-2/h4-6H2,1-3H3,(H,14,15). The van der Waals surface area contributed by atoms with Crippen molar-refractivity contribution in [3.63, 3.8) is 0 Å². The zero-order valence-electron chi connectivity index (χ0n) is 10.2. The van der Waals surface area contributed by atoms with E-state index in [1.165, 1.54) is 0 Å². The molecule has 0 aliphatic heterocycles. The third-order valence-electron chi connectivity index (χ3n) is 2.04. The number of hydrogen-bond donors (Lipinski definition) is 1. The van der Waals surface area contributed by atoms with Gasteiger partial charge in [-0.1, -0.05) is 0 Å². The number of aromatic nitrogens is 2. The first-order chi connectivity index (χ1) is 8.08. The van der Waals surface area contributed by atoms with Gasteiger partial charge in [-0.2, -0.15) is 4.98 Å². The molecule has 0 saturated heterocycles. The molecule has 0 aliphatic carbocycles. The van der Waals surface area contributed by atoms with E-state index in [4.69, 9.17) is 14.6 Å². The quantitative estimate of drug-likeness (QED) is 0.804. The molecule has 17 heavy (non-hydrogen) atoms. The molecule has 1 rings (SSSR count). The second kappa shape index (κ2) is 6.03. The van der Waals surface area contributed by atoms with Gasteiger partial charge in [-0.15, -0.1) is 0 Å². The lowest BCUT2D eigenvalue weighted by Crippen LogP contribution is -2.10. The maximum Gasteiger partial charge on any atom is 0.319 e. The third kappa shape index (κ3) is 3.58. The summed E-state index contributed by atoms with van der Waals surface area (Å²) in [6.45, 7) is 6.20. The van der Waals surface area contributed by atoms with Gasteiger partial charge in [-0.3, -0.25) is 4.79 Å². The minimum absolute atomic E-state index is 0.159. The first-order valence-electron chi connectivity index (χ1n) is 5.43.